The topological polar surface area (TPSA) is 26.0 Å². The Morgan fingerprint density at radius 1 is 1.12 bits per heavy atom. The Bertz CT molecular complexity index is 525. The lowest BCUT2D eigenvalue weighted by Crippen LogP contribution is -1.96. The van der Waals surface area contributed by atoms with Crippen molar-refractivity contribution < 1.29 is 0 Å². The molecule has 0 atom stereocenters. The minimum Gasteiger partial charge on any atom is -0.326 e. The zero-order valence-electron chi connectivity index (χ0n) is 9.61. The molecule has 2 N–H and O–H groups in total. The number of hydrogen-bond donors (Lipinski definition) is 1. The first-order valence-electron chi connectivity index (χ1n) is 5.41. The van der Waals surface area contributed by atoms with E-state index in [2.05, 4.69) is 65.3 Å². The zero-order valence-corrected chi connectivity index (χ0v) is 12.0. The molecule has 2 aromatic carbocycles. The summed E-state index contributed by atoms with van der Waals surface area (Å²) in [5, 5.41) is 0. The summed E-state index contributed by atoms with van der Waals surface area (Å²) in [6, 6.07) is 14.8. The first-order chi connectivity index (χ1) is 8.17. The highest BCUT2D eigenvalue weighted by Crippen LogP contribution is 2.31. The van der Waals surface area contributed by atoms with Crippen LogP contribution in [0.1, 0.15) is 11.1 Å². The standard InChI is InChI=1S/C14H14BrNS/c1-10-3-2-4-13(5-10)17-14-7-11(9-16)6-12(15)8-14/h2-8H,9,16H2,1H3. The third-order valence-corrected chi connectivity index (χ3v) is 3.81. The van der Waals surface area contributed by atoms with Gasteiger partial charge in [0.2, 0.25) is 0 Å². The second kappa shape index (κ2) is 5.71. The Morgan fingerprint density at radius 3 is 2.65 bits per heavy atom. The molecule has 0 bridgehead atoms. The molecule has 0 aromatic heterocycles. The van der Waals surface area contributed by atoms with Crippen molar-refractivity contribution >= 4 is 27.7 Å². The molecular formula is C14H14BrNS. The number of hydrogen-bond acceptors (Lipinski definition) is 2. The number of nitrogens with two attached hydrogens (primary N) is 1. The normalized spacial score (nSPS) is 10.5. The van der Waals surface area contributed by atoms with Gasteiger partial charge in [0.05, 0.1) is 0 Å². The summed E-state index contributed by atoms with van der Waals surface area (Å²) in [4.78, 5) is 2.47. The van der Waals surface area contributed by atoms with Gasteiger partial charge in [-0.25, -0.2) is 0 Å². The minimum absolute atomic E-state index is 0.570. The van der Waals surface area contributed by atoms with Gasteiger partial charge < -0.3 is 5.73 Å². The first kappa shape index (κ1) is 12.7. The van der Waals surface area contributed by atoms with Gasteiger partial charge in [-0.15, -0.1) is 0 Å². The van der Waals surface area contributed by atoms with Crippen LogP contribution in [0, 0.1) is 6.92 Å². The first-order valence-corrected chi connectivity index (χ1v) is 7.02. The lowest BCUT2D eigenvalue weighted by molar-refractivity contribution is 1.06. The van der Waals surface area contributed by atoms with Gasteiger partial charge >= 0.3 is 0 Å². The summed E-state index contributed by atoms with van der Waals surface area (Å²) in [5.41, 5.74) is 8.10. The van der Waals surface area contributed by atoms with Crippen molar-refractivity contribution in [3.63, 3.8) is 0 Å². The van der Waals surface area contributed by atoms with Crippen molar-refractivity contribution in [3.8, 4) is 0 Å². The number of rotatable bonds is 3. The quantitative estimate of drug-likeness (QED) is 0.911. The van der Waals surface area contributed by atoms with E-state index in [9.17, 15) is 0 Å². The fourth-order valence-electron chi connectivity index (χ4n) is 1.61. The number of aryl methyl sites for hydroxylation is 1. The van der Waals surface area contributed by atoms with Gasteiger partial charge in [-0.3, -0.25) is 0 Å². The average molecular weight is 308 g/mol. The summed E-state index contributed by atoms with van der Waals surface area (Å²) >= 11 is 5.27. The Hall–Kier alpha value is -0.770. The summed E-state index contributed by atoms with van der Waals surface area (Å²) in [6.07, 6.45) is 0. The van der Waals surface area contributed by atoms with Crippen LogP contribution in [0.3, 0.4) is 0 Å². The highest BCUT2D eigenvalue weighted by atomic mass is 79.9. The van der Waals surface area contributed by atoms with Gasteiger partial charge in [-0.1, -0.05) is 45.4 Å². The van der Waals surface area contributed by atoms with Gasteiger partial charge in [0, 0.05) is 20.8 Å². The lowest BCUT2D eigenvalue weighted by atomic mass is 10.2. The van der Waals surface area contributed by atoms with Crippen molar-refractivity contribution in [1.29, 1.82) is 0 Å². The molecule has 0 aliphatic heterocycles. The van der Waals surface area contributed by atoms with E-state index < -0.39 is 0 Å². The number of halogens is 1. The van der Waals surface area contributed by atoms with Crippen LogP contribution in [0.4, 0.5) is 0 Å². The fraction of sp³-hybridized carbons (Fsp3) is 0.143. The van der Waals surface area contributed by atoms with E-state index in [0.29, 0.717) is 6.54 Å². The van der Waals surface area contributed by atoms with E-state index in [0.717, 1.165) is 10.0 Å². The highest BCUT2D eigenvalue weighted by Gasteiger charge is 2.01. The second-order valence-corrected chi connectivity index (χ2v) is 5.98. The maximum atomic E-state index is 5.68. The van der Waals surface area contributed by atoms with Crippen LogP contribution in [-0.2, 0) is 6.54 Å². The molecule has 0 heterocycles. The predicted molar refractivity (Wildman–Crippen MR) is 77.3 cm³/mol. The molecule has 0 aliphatic carbocycles. The van der Waals surface area contributed by atoms with Crippen molar-refractivity contribution in [1.82, 2.24) is 0 Å². The van der Waals surface area contributed by atoms with E-state index in [1.165, 1.54) is 15.4 Å². The SMILES string of the molecule is Cc1cccc(Sc2cc(Br)cc(CN)c2)c1. The van der Waals surface area contributed by atoms with Crippen LogP contribution >= 0.6 is 27.7 Å². The predicted octanol–water partition coefficient (Wildman–Crippen LogP) is 4.37. The molecule has 2 aromatic rings. The maximum Gasteiger partial charge on any atom is 0.0189 e. The smallest absolute Gasteiger partial charge is 0.0189 e. The van der Waals surface area contributed by atoms with E-state index >= 15 is 0 Å². The maximum absolute atomic E-state index is 5.68. The number of benzene rings is 2. The fourth-order valence-corrected chi connectivity index (χ4v) is 3.36. The van der Waals surface area contributed by atoms with Gasteiger partial charge in [0.15, 0.2) is 0 Å². The van der Waals surface area contributed by atoms with Crippen LogP contribution in [0.2, 0.25) is 0 Å². The molecule has 3 heteroatoms. The summed E-state index contributed by atoms with van der Waals surface area (Å²) < 4.78 is 1.08. The van der Waals surface area contributed by atoms with Gasteiger partial charge in [0.1, 0.15) is 0 Å². The van der Waals surface area contributed by atoms with E-state index in [1.807, 2.05) is 0 Å². The monoisotopic (exact) mass is 307 g/mol. The summed E-state index contributed by atoms with van der Waals surface area (Å²) in [6.45, 7) is 2.68. The second-order valence-electron chi connectivity index (χ2n) is 3.92. The molecule has 0 unspecified atom stereocenters. The Kier molecular flexibility index (Phi) is 4.26. The molecule has 0 amide bonds. The molecule has 2 rings (SSSR count). The third-order valence-electron chi connectivity index (χ3n) is 2.39. The molecule has 88 valence electrons. The van der Waals surface area contributed by atoms with Crippen LogP contribution < -0.4 is 5.73 Å². The van der Waals surface area contributed by atoms with E-state index in [1.54, 1.807) is 11.8 Å². The average Bonchev–Trinajstić information content (AvgIpc) is 2.28. The van der Waals surface area contributed by atoms with Crippen molar-refractivity contribution in [2.24, 2.45) is 5.73 Å². The molecule has 0 saturated heterocycles. The zero-order chi connectivity index (χ0) is 12.3. The largest absolute Gasteiger partial charge is 0.326 e. The van der Waals surface area contributed by atoms with Crippen LogP contribution in [0.15, 0.2) is 56.7 Å². The third kappa shape index (κ3) is 3.60. The van der Waals surface area contributed by atoms with Crippen LogP contribution in [0.5, 0.6) is 0 Å². The van der Waals surface area contributed by atoms with Gasteiger partial charge in [0.25, 0.3) is 0 Å². The summed E-state index contributed by atoms with van der Waals surface area (Å²) in [5.74, 6) is 0. The van der Waals surface area contributed by atoms with Crippen molar-refractivity contribution in [3.05, 3.63) is 58.1 Å². The molecule has 1 nitrogen and oxygen atoms in total. The molecule has 0 radical (unpaired) electrons. The lowest BCUT2D eigenvalue weighted by Gasteiger charge is -2.06. The Morgan fingerprint density at radius 2 is 1.94 bits per heavy atom. The molecular weight excluding hydrogens is 294 g/mol. The van der Waals surface area contributed by atoms with Crippen molar-refractivity contribution in [2.75, 3.05) is 0 Å². The van der Waals surface area contributed by atoms with Crippen molar-refractivity contribution in [2.45, 2.75) is 23.3 Å². The molecule has 0 aliphatic rings. The summed E-state index contributed by atoms with van der Waals surface area (Å²) in [7, 11) is 0. The van der Waals surface area contributed by atoms with Crippen LogP contribution in [-0.4, -0.2) is 0 Å². The van der Waals surface area contributed by atoms with Gasteiger partial charge in [-0.2, -0.15) is 0 Å². The highest BCUT2D eigenvalue weighted by molar-refractivity contribution is 9.10. The van der Waals surface area contributed by atoms with Crippen LogP contribution in [0.25, 0.3) is 0 Å². The van der Waals surface area contributed by atoms with E-state index in [4.69, 9.17) is 5.73 Å². The Labute approximate surface area is 115 Å². The molecule has 17 heavy (non-hydrogen) atoms. The van der Waals surface area contributed by atoms with Gasteiger partial charge in [-0.05, 0) is 42.8 Å². The molecule has 0 spiro atoms. The molecule has 0 fully saturated rings. The Balaban J connectivity index is 2.26. The molecule has 0 saturated carbocycles. The van der Waals surface area contributed by atoms with E-state index in [-0.39, 0.29) is 0 Å². The minimum atomic E-state index is 0.570.